The lowest BCUT2D eigenvalue weighted by Gasteiger charge is -2.67. The number of likely N-dealkylation sites (N-methyl/N-ethyl adjacent to an activating group) is 1. The summed E-state index contributed by atoms with van der Waals surface area (Å²) in [6, 6.07) is -0.385. The molecule has 5 aliphatic carbocycles. The maximum Gasteiger partial charge on any atom is 0.136 e. The van der Waals surface area contributed by atoms with Gasteiger partial charge < -0.3 is 34.3 Å². The van der Waals surface area contributed by atoms with E-state index in [9.17, 15) is 15.3 Å². The van der Waals surface area contributed by atoms with Crippen molar-refractivity contribution in [2.24, 2.45) is 29.1 Å². The van der Waals surface area contributed by atoms with Crippen LogP contribution in [0, 0.1) is 29.1 Å². The molecule has 0 aromatic carbocycles. The fourth-order valence-electron chi connectivity index (χ4n) is 10.6. The number of aliphatic hydroxyl groups excluding tert-OH is 1. The molecule has 5 saturated carbocycles. The minimum absolute atomic E-state index is 0.00870. The monoisotopic (exact) mass is 437 g/mol. The van der Waals surface area contributed by atoms with E-state index in [4.69, 9.17) is 18.9 Å². The molecule has 0 aromatic rings. The highest BCUT2D eigenvalue weighted by molar-refractivity contribution is 5.44. The molecule has 7 bridgehead atoms. The number of ether oxygens (including phenoxy) is 4. The van der Waals surface area contributed by atoms with E-state index in [1.165, 1.54) is 0 Å². The van der Waals surface area contributed by atoms with Crippen molar-refractivity contribution in [3.63, 3.8) is 0 Å². The second-order valence-corrected chi connectivity index (χ2v) is 11.4. The van der Waals surface area contributed by atoms with E-state index in [2.05, 4.69) is 11.8 Å². The first-order valence-corrected chi connectivity index (χ1v) is 11.9. The highest BCUT2D eigenvalue weighted by Crippen LogP contribution is 2.81. The Bertz CT molecular complexity index is 828. The van der Waals surface area contributed by atoms with Crippen LogP contribution in [0.3, 0.4) is 0 Å². The van der Waals surface area contributed by atoms with Crippen molar-refractivity contribution in [3.05, 3.63) is 0 Å². The largest absolute Gasteiger partial charge is 0.392 e. The summed E-state index contributed by atoms with van der Waals surface area (Å²) in [6.07, 6.45) is 0.106. The van der Waals surface area contributed by atoms with Gasteiger partial charge in [0, 0.05) is 63.9 Å². The molecule has 7 rings (SSSR count). The second kappa shape index (κ2) is 5.66. The van der Waals surface area contributed by atoms with Crippen LogP contribution in [0.15, 0.2) is 0 Å². The number of rotatable bonds is 4. The van der Waals surface area contributed by atoms with Crippen LogP contribution in [-0.2, 0) is 18.9 Å². The molecule has 2 aliphatic heterocycles. The average Bonchev–Trinajstić information content (AvgIpc) is 3.25. The van der Waals surface area contributed by atoms with Gasteiger partial charge in [0.1, 0.15) is 16.8 Å². The third-order valence-corrected chi connectivity index (χ3v) is 11.2. The van der Waals surface area contributed by atoms with Crippen LogP contribution in [0.5, 0.6) is 0 Å². The molecule has 2 heterocycles. The lowest BCUT2D eigenvalue weighted by Crippen LogP contribution is -2.81. The number of epoxide rings is 1. The quantitative estimate of drug-likeness (QED) is 0.501. The molecule has 7 fully saturated rings. The summed E-state index contributed by atoms with van der Waals surface area (Å²) >= 11 is 0. The van der Waals surface area contributed by atoms with Gasteiger partial charge in [-0.1, -0.05) is 6.92 Å². The number of aliphatic hydroxyl groups is 3. The molecule has 0 amide bonds. The standard InChI is InChI=1S/C23H35NO7/c1-5-24-9-20-14(31-20)7-13(25)22-11-6-10-12(28-2)8-21(26,15(11)16(10)29-3)23(27,19(22)24)18(30-4)17(20)22/h10-19,25-27H,5-9H2,1-4H3/t10-,11-,12+,13+,14+,15-,16+,17-,18+,19?,20+,21-,22+,23-/m1/s1. The Labute approximate surface area is 182 Å². The van der Waals surface area contributed by atoms with Gasteiger partial charge in [-0.05, 0) is 18.9 Å². The zero-order valence-electron chi connectivity index (χ0n) is 18.7. The highest BCUT2D eigenvalue weighted by Gasteiger charge is 2.95. The first-order chi connectivity index (χ1) is 14.8. The van der Waals surface area contributed by atoms with Gasteiger partial charge >= 0.3 is 0 Å². The van der Waals surface area contributed by atoms with Crippen molar-refractivity contribution in [2.45, 2.75) is 79.6 Å². The highest BCUT2D eigenvalue weighted by atomic mass is 16.6. The van der Waals surface area contributed by atoms with Gasteiger partial charge in [-0.2, -0.15) is 0 Å². The smallest absolute Gasteiger partial charge is 0.136 e. The Hall–Kier alpha value is -0.320. The molecule has 1 unspecified atom stereocenters. The van der Waals surface area contributed by atoms with Crippen LogP contribution < -0.4 is 0 Å². The van der Waals surface area contributed by atoms with E-state index in [0.717, 1.165) is 19.5 Å². The lowest BCUT2D eigenvalue weighted by atomic mass is 9.45. The topological polar surface area (TPSA) is 104 Å². The maximum absolute atomic E-state index is 12.8. The molecule has 0 radical (unpaired) electrons. The van der Waals surface area contributed by atoms with Gasteiger partial charge in [0.25, 0.3) is 0 Å². The fraction of sp³-hybridized carbons (Fsp3) is 1.00. The minimum Gasteiger partial charge on any atom is -0.392 e. The first kappa shape index (κ1) is 20.1. The summed E-state index contributed by atoms with van der Waals surface area (Å²) in [5, 5.41) is 37.1. The van der Waals surface area contributed by atoms with E-state index in [-0.39, 0.29) is 48.0 Å². The first-order valence-electron chi connectivity index (χ1n) is 11.9. The van der Waals surface area contributed by atoms with Crippen LogP contribution >= 0.6 is 0 Å². The van der Waals surface area contributed by atoms with Crippen molar-refractivity contribution >= 4 is 0 Å². The predicted octanol–water partition coefficient (Wildman–Crippen LogP) is -0.614. The molecule has 8 nitrogen and oxygen atoms in total. The Morgan fingerprint density at radius 2 is 1.87 bits per heavy atom. The SMILES string of the molecule is CCN1C[C@]23O[C@H]2C[C@H](O)[C@]24C1[C@](O)([C@@H](OC)[C@H]32)[C@@]1(O)C[C@H](OC)[C@H]2C[C@@H]4[C@@H]1[C@H]2OC. The average molecular weight is 438 g/mol. The summed E-state index contributed by atoms with van der Waals surface area (Å²) in [5.74, 6) is -0.264. The molecule has 3 N–H and O–H groups in total. The maximum atomic E-state index is 12.8. The van der Waals surface area contributed by atoms with Gasteiger partial charge in [-0.15, -0.1) is 0 Å². The van der Waals surface area contributed by atoms with Crippen molar-refractivity contribution in [3.8, 4) is 0 Å². The Morgan fingerprint density at radius 1 is 1.10 bits per heavy atom. The second-order valence-electron chi connectivity index (χ2n) is 11.4. The Balaban J connectivity index is 1.54. The van der Waals surface area contributed by atoms with Gasteiger partial charge in [0.05, 0.1) is 36.6 Å². The van der Waals surface area contributed by atoms with Crippen LogP contribution in [-0.4, -0.2) is 108 Å². The predicted molar refractivity (Wildman–Crippen MR) is 107 cm³/mol. The van der Waals surface area contributed by atoms with Gasteiger partial charge in [-0.25, -0.2) is 0 Å². The Kier molecular flexibility index (Phi) is 3.67. The van der Waals surface area contributed by atoms with Crippen LogP contribution in [0.25, 0.3) is 0 Å². The molecule has 0 aromatic heterocycles. The van der Waals surface area contributed by atoms with E-state index in [1.807, 2.05) is 0 Å². The van der Waals surface area contributed by atoms with Gasteiger partial charge in [0.15, 0.2) is 0 Å². The zero-order chi connectivity index (χ0) is 21.7. The molecule has 14 atom stereocenters. The summed E-state index contributed by atoms with van der Waals surface area (Å²) < 4.78 is 24.4. The number of likely N-dealkylation sites (tertiary alicyclic amines) is 1. The van der Waals surface area contributed by atoms with Gasteiger partial charge in [0.2, 0.25) is 0 Å². The molecule has 2 saturated heterocycles. The van der Waals surface area contributed by atoms with Crippen molar-refractivity contribution in [1.29, 1.82) is 0 Å². The number of fused-ring (bicyclic) bond motifs is 2. The number of hydrogen-bond donors (Lipinski definition) is 3. The third kappa shape index (κ3) is 1.70. The van der Waals surface area contributed by atoms with Crippen molar-refractivity contribution < 1.29 is 34.3 Å². The normalized spacial score (nSPS) is 67.5. The summed E-state index contributed by atoms with van der Waals surface area (Å²) in [5.41, 5.74) is -3.98. The number of piperidine rings is 1. The van der Waals surface area contributed by atoms with Crippen molar-refractivity contribution in [2.75, 3.05) is 34.4 Å². The molecule has 7 aliphatic rings. The molecular formula is C23H35NO7. The fourth-order valence-corrected chi connectivity index (χ4v) is 10.6. The third-order valence-electron chi connectivity index (χ3n) is 11.2. The minimum atomic E-state index is -1.54. The van der Waals surface area contributed by atoms with Crippen LogP contribution in [0.4, 0.5) is 0 Å². The molecule has 8 heteroatoms. The molecular weight excluding hydrogens is 402 g/mol. The zero-order valence-corrected chi connectivity index (χ0v) is 18.7. The van der Waals surface area contributed by atoms with Gasteiger partial charge in [-0.3, -0.25) is 4.90 Å². The number of nitrogens with zero attached hydrogens (tertiary/aromatic N) is 1. The Morgan fingerprint density at radius 3 is 2.52 bits per heavy atom. The van der Waals surface area contributed by atoms with Crippen LogP contribution in [0.2, 0.25) is 0 Å². The van der Waals surface area contributed by atoms with E-state index in [1.54, 1.807) is 21.3 Å². The molecule has 31 heavy (non-hydrogen) atoms. The van der Waals surface area contributed by atoms with E-state index in [0.29, 0.717) is 12.8 Å². The van der Waals surface area contributed by atoms with E-state index < -0.39 is 34.4 Å². The summed E-state index contributed by atoms with van der Waals surface area (Å²) in [6.45, 7) is 3.54. The van der Waals surface area contributed by atoms with Crippen LogP contribution in [0.1, 0.15) is 26.2 Å². The molecule has 174 valence electrons. The number of hydrogen-bond acceptors (Lipinski definition) is 8. The lowest BCUT2D eigenvalue weighted by molar-refractivity contribution is -0.312. The summed E-state index contributed by atoms with van der Waals surface area (Å²) in [7, 11) is 5.01. The molecule has 2 spiro atoms. The van der Waals surface area contributed by atoms with E-state index >= 15 is 0 Å². The summed E-state index contributed by atoms with van der Waals surface area (Å²) in [4.78, 5) is 2.28. The van der Waals surface area contributed by atoms with Crippen molar-refractivity contribution in [1.82, 2.24) is 4.90 Å². The number of methoxy groups -OCH3 is 3.